The van der Waals surface area contributed by atoms with Crippen molar-refractivity contribution in [1.82, 2.24) is 9.78 Å². The van der Waals surface area contributed by atoms with Crippen molar-refractivity contribution in [3.63, 3.8) is 0 Å². The second kappa shape index (κ2) is 9.32. The van der Waals surface area contributed by atoms with E-state index in [0.29, 0.717) is 0 Å². The van der Waals surface area contributed by atoms with E-state index in [9.17, 15) is 26.4 Å². The number of ether oxygens (including phenoxy) is 2. The molecule has 178 valence electrons. The van der Waals surface area contributed by atoms with Gasteiger partial charge in [-0.25, -0.2) is 8.42 Å². The lowest BCUT2D eigenvalue weighted by molar-refractivity contribution is -0.274. The first-order chi connectivity index (χ1) is 15.9. The largest absolute Gasteiger partial charge is 0.573 e. The average molecular weight is 495 g/mol. The second-order valence-electron chi connectivity index (χ2n) is 6.64. The SMILES string of the molecule is COc1cc(NC(=O)c2ccnn2C)ccc1S(=O)(=O)Nc1ccc(C#N)c(OC(F)(F)F)c1. The molecule has 0 fully saturated rings. The van der Waals surface area contributed by atoms with Gasteiger partial charge in [0, 0.05) is 31.1 Å². The highest BCUT2D eigenvalue weighted by Crippen LogP contribution is 2.32. The number of aromatic nitrogens is 2. The van der Waals surface area contributed by atoms with Crippen LogP contribution in [0.4, 0.5) is 24.5 Å². The molecule has 0 aliphatic rings. The number of sulfonamides is 1. The van der Waals surface area contributed by atoms with Gasteiger partial charge in [0.25, 0.3) is 15.9 Å². The minimum absolute atomic E-state index is 0.143. The maximum absolute atomic E-state index is 12.9. The molecule has 10 nitrogen and oxygen atoms in total. The first kappa shape index (κ1) is 24.4. The molecule has 0 unspecified atom stereocenters. The van der Waals surface area contributed by atoms with Crippen LogP contribution in [0, 0.1) is 11.3 Å². The Morgan fingerprint density at radius 3 is 2.38 bits per heavy atom. The van der Waals surface area contributed by atoms with E-state index in [1.165, 1.54) is 42.3 Å². The van der Waals surface area contributed by atoms with E-state index in [1.54, 1.807) is 7.05 Å². The van der Waals surface area contributed by atoms with Crippen LogP contribution < -0.4 is 19.5 Å². The number of carbonyl (C=O) groups excluding carboxylic acids is 1. The van der Waals surface area contributed by atoms with Crippen molar-refractivity contribution >= 4 is 27.3 Å². The highest BCUT2D eigenvalue weighted by Gasteiger charge is 2.32. The first-order valence-corrected chi connectivity index (χ1v) is 10.7. The van der Waals surface area contributed by atoms with Gasteiger partial charge in [0.2, 0.25) is 0 Å². The van der Waals surface area contributed by atoms with Crippen LogP contribution in [-0.4, -0.2) is 37.6 Å². The van der Waals surface area contributed by atoms with Crippen molar-refractivity contribution in [1.29, 1.82) is 5.26 Å². The third-order valence-electron chi connectivity index (χ3n) is 4.34. The zero-order valence-electron chi connectivity index (χ0n) is 17.5. The molecule has 34 heavy (non-hydrogen) atoms. The number of halogens is 3. The highest BCUT2D eigenvalue weighted by atomic mass is 32.2. The summed E-state index contributed by atoms with van der Waals surface area (Å²) in [5.74, 6) is -1.50. The average Bonchev–Trinajstić information content (AvgIpc) is 3.18. The van der Waals surface area contributed by atoms with E-state index < -0.39 is 33.6 Å². The minimum Gasteiger partial charge on any atom is -0.495 e. The first-order valence-electron chi connectivity index (χ1n) is 9.23. The summed E-state index contributed by atoms with van der Waals surface area (Å²) in [6, 6.07) is 9.56. The lowest BCUT2D eigenvalue weighted by Crippen LogP contribution is -2.19. The Morgan fingerprint density at radius 2 is 1.79 bits per heavy atom. The number of hydrogen-bond acceptors (Lipinski definition) is 7. The fourth-order valence-electron chi connectivity index (χ4n) is 2.86. The van der Waals surface area contributed by atoms with E-state index >= 15 is 0 Å². The second-order valence-corrected chi connectivity index (χ2v) is 8.29. The Hall–Kier alpha value is -4.25. The normalized spacial score (nSPS) is 11.4. The zero-order chi connectivity index (χ0) is 25.1. The van der Waals surface area contributed by atoms with Gasteiger partial charge in [0.15, 0.2) is 0 Å². The van der Waals surface area contributed by atoms with Gasteiger partial charge in [-0.05, 0) is 30.3 Å². The van der Waals surface area contributed by atoms with Crippen LogP contribution in [0.2, 0.25) is 0 Å². The van der Waals surface area contributed by atoms with Crippen molar-refractivity contribution in [3.05, 3.63) is 59.9 Å². The van der Waals surface area contributed by atoms with Gasteiger partial charge in [0.05, 0.1) is 18.4 Å². The van der Waals surface area contributed by atoms with Crippen molar-refractivity contribution in [2.24, 2.45) is 7.05 Å². The van der Waals surface area contributed by atoms with Crippen molar-refractivity contribution in [2.45, 2.75) is 11.3 Å². The minimum atomic E-state index is -5.08. The van der Waals surface area contributed by atoms with Crippen LogP contribution in [0.5, 0.6) is 11.5 Å². The number of nitrogens with one attached hydrogen (secondary N) is 2. The van der Waals surface area contributed by atoms with E-state index in [0.717, 1.165) is 24.3 Å². The van der Waals surface area contributed by atoms with Gasteiger partial charge in [-0.1, -0.05) is 0 Å². The number of nitriles is 1. The standard InChI is InChI=1S/C20H16F3N5O5S/c1-28-15(7-8-25-28)19(29)26-13-5-6-18(17(9-13)32-2)34(30,31)27-14-4-3-12(11-24)16(10-14)33-20(21,22)23/h3-10,27H,1-2H3,(H,26,29). The van der Waals surface area contributed by atoms with E-state index in [-0.39, 0.29) is 27.7 Å². The predicted molar refractivity (Wildman–Crippen MR) is 113 cm³/mol. The number of benzene rings is 2. The highest BCUT2D eigenvalue weighted by molar-refractivity contribution is 7.92. The molecule has 0 radical (unpaired) electrons. The lowest BCUT2D eigenvalue weighted by Gasteiger charge is -2.15. The molecule has 0 aliphatic carbocycles. The Bertz CT molecular complexity index is 1380. The molecule has 2 aromatic carbocycles. The molecular formula is C20H16F3N5O5S. The molecule has 1 heterocycles. The van der Waals surface area contributed by atoms with Crippen molar-refractivity contribution in [2.75, 3.05) is 17.1 Å². The number of hydrogen-bond donors (Lipinski definition) is 2. The summed E-state index contributed by atoms with van der Waals surface area (Å²) in [5, 5.41) is 15.4. The van der Waals surface area contributed by atoms with Gasteiger partial charge in [-0.2, -0.15) is 10.4 Å². The smallest absolute Gasteiger partial charge is 0.495 e. The molecule has 0 spiro atoms. The monoisotopic (exact) mass is 495 g/mol. The Kier molecular flexibility index (Phi) is 6.68. The van der Waals surface area contributed by atoms with Crippen LogP contribution >= 0.6 is 0 Å². The number of alkyl halides is 3. The Balaban J connectivity index is 1.88. The third-order valence-corrected chi connectivity index (χ3v) is 5.77. The molecule has 1 amide bonds. The van der Waals surface area contributed by atoms with Gasteiger partial charge < -0.3 is 14.8 Å². The van der Waals surface area contributed by atoms with Crippen LogP contribution in [0.3, 0.4) is 0 Å². The summed E-state index contributed by atoms with van der Waals surface area (Å²) in [5.41, 5.74) is -0.239. The van der Waals surface area contributed by atoms with Crippen LogP contribution in [0.15, 0.2) is 53.6 Å². The third kappa shape index (κ3) is 5.56. The van der Waals surface area contributed by atoms with Gasteiger partial charge in [-0.3, -0.25) is 14.2 Å². The molecule has 0 saturated carbocycles. The Labute approximate surface area is 191 Å². The number of anilines is 2. The zero-order valence-corrected chi connectivity index (χ0v) is 18.4. The molecule has 3 rings (SSSR count). The van der Waals surface area contributed by atoms with Crippen molar-refractivity contribution in [3.8, 4) is 17.6 Å². The summed E-state index contributed by atoms with van der Waals surface area (Å²) < 4.78 is 76.0. The molecule has 14 heteroatoms. The van der Waals surface area contributed by atoms with Crippen LogP contribution in [0.1, 0.15) is 16.1 Å². The summed E-state index contributed by atoms with van der Waals surface area (Å²) in [6.45, 7) is 0. The summed E-state index contributed by atoms with van der Waals surface area (Å²) in [4.78, 5) is 12.0. The van der Waals surface area contributed by atoms with Gasteiger partial charge >= 0.3 is 6.36 Å². The van der Waals surface area contributed by atoms with E-state index in [4.69, 9.17) is 10.00 Å². The molecule has 2 N–H and O–H groups in total. The number of amides is 1. The maximum Gasteiger partial charge on any atom is 0.573 e. The fraction of sp³-hybridized carbons (Fsp3) is 0.150. The van der Waals surface area contributed by atoms with Gasteiger partial charge in [-0.15, -0.1) is 13.2 Å². The topological polar surface area (TPSA) is 135 Å². The van der Waals surface area contributed by atoms with E-state index in [1.807, 2.05) is 0 Å². The lowest BCUT2D eigenvalue weighted by atomic mass is 10.2. The molecular weight excluding hydrogens is 479 g/mol. The summed E-state index contributed by atoms with van der Waals surface area (Å²) >= 11 is 0. The maximum atomic E-state index is 12.9. The number of methoxy groups -OCH3 is 1. The molecule has 0 bridgehead atoms. The quantitative estimate of drug-likeness (QED) is 0.514. The summed E-state index contributed by atoms with van der Waals surface area (Å²) in [6.07, 6.45) is -3.65. The van der Waals surface area contributed by atoms with Crippen LogP contribution in [-0.2, 0) is 17.1 Å². The molecule has 0 atom stereocenters. The van der Waals surface area contributed by atoms with Crippen LogP contribution in [0.25, 0.3) is 0 Å². The molecule has 0 aliphatic heterocycles. The Morgan fingerprint density at radius 1 is 1.12 bits per heavy atom. The molecule has 3 aromatic rings. The number of aryl methyl sites for hydroxylation is 1. The summed E-state index contributed by atoms with van der Waals surface area (Å²) in [7, 11) is -1.57. The van der Waals surface area contributed by atoms with Gasteiger partial charge in [0.1, 0.15) is 28.2 Å². The number of nitrogens with zero attached hydrogens (tertiary/aromatic N) is 3. The number of carbonyl (C=O) groups is 1. The number of rotatable bonds is 7. The van der Waals surface area contributed by atoms with E-state index in [2.05, 4.69) is 19.9 Å². The fourth-order valence-corrected chi connectivity index (χ4v) is 4.06. The molecule has 0 saturated heterocycles. The predicted octanol–water partition coefficient (Wildman–Crippen LogP) is 3.25. The van der Waals surface area contributed by atoms with Crippen molar-refractivity contribution < 1.29 is 35.9 Å². The molecule has 1 aromatic heterocycles.